The SMILES string of the molecule is CCCCCCC(O[Si](C)(C)C)c1cc(S(=O)(=O)Cl)cs1. The van der Waals surface area contributed by atoms with Crippen molar-refractivity contribution < 1.29 is 12.8 Å². The normalized spacial score (nSPS) is 14.3. The summed E-state index contributed by atoms with van der Waals surface area (Å²) in [5.74, 6) is 0. The molecule has 0 saturated heterocycles. The van der Waals surface area contributed by atoms with Crippen molar-refractivity contribution in [3.63, 3.8) is 0 Å². The summed E-state index contributed by atoms with van der Waals surface area (Å²) < 4.78 is 29.0. The number of halogens is 1. The Kier molecular flexibility index (Phi) is 7.40. The molecule has 3 nitrogen and oxygen atoms in total. The van der Waals surface area contributed by atoms with Crippen LogP contribution >= 0.6 is 22.0 Å². The summed E-state index contributed by atoms with van der Waals surface area (Å²) in [6.45, 7) is 8.64. The molecule has 7 heteroatoms. The van der Waals surface area contributed by atoms with E-state index in [1.807, 2.05) is 0 Å². The first-order chi connectivity index (χ1) is 9.63. The summed E-state index contributed by atoms with van der Waals surface area (Å²) >= 11 is 1.42. The second-order valence-corrected chi connectivity index (χ2v) is 14.2. The van der Waals surface area contributed by atoms with E-state index in [1.165, 1.54) is 30.6 Å². The Balaban J connectivity index is 2.82. The maximum atomic E-state index is 11.4. The second-order valence-electron chi connectivity index (χ2n) is 6.19. The Labute approximate surface area is 138 Å². The van der Waals surface area contributed by atoms with Crippen molar-refractivity contribution in [2.24, 2.45) is 0 Å². The van der Waals surface area contributed by atoms with Crippen LogP contribution in [-0.4, -0.2) is 16.7 Å². The molecule has 0 spiro atoms. The van der Waals surface area contributed by atoms with Gasteiger partial charge in [-0.05, 0) is 32.1 Å². The highest BCUT2D eigenvalue weighted by molar-refractivity contribution is 8.13. The second kappa shape index (κ2) is 8.11. The maximum Gasteiger partial charge on any atom is 0.262 e. The minimum atomic E-state index is -3.65. The molecule has 0 aliphatic rings. The molecule has 0 saturated carbocycles. The van der Waals surface area contributed by atoms with Crippen LogP contribution in [0.1, 0.15) is 50.0 Å². The zero-order valence-corrected chi connectivity index (χ0v) is 16.6. The lowest BCUT2D eigenvalue weighted by atomic mass is 10.1. The largest absolute Gasteiger partial charge is 0.410 e. The van der Waals surface area contributed by atoms with Crippen molar-refractivity contribution >= 4 is 39.4 Å². The van der Waals surface area contributed by atoms with Crippen LogP contribution < -0.4 is 0 Å². The fraction of sp³-hybridized carbons (Fsp3) is 0.714. The molecular weight excluding hydrogens is 344 g/mol. The van der Waals surface area contributed by atoms with Gasteiger partial charge < -0.3 is 4.43 Å². The van der Waals surface area contributed by atoms with Crippen LogP contribution in [0.5, 0.6) is 0 Å². The fourth-order valence-electron chi connectivity index (χ4n) is 2.07. The molecule has 0 fully saturated rings. The van der Waals surface area contributed by atoms with E-state index in [-0.39, 0.29) is 11.0 Å². The number of thiophene rings is 1. The third-order valence-electron chi connectivity index (χ3n) is 3.01. The molecule has 0 aromatic carbocycles. The monoisotopic (exact) mass is 368 g/mol. The Hall–Kier alpha value is 0.117. The molecule has 1 unspecified atom stereocenters. The third-order valence-corrected chi connectivity index (χ3v) is 6.51. The van der Waals surface area contributed by atoms with E-state index in [9.17, 15) is 8.42 Å². The zero-order chi connectivity index (χ0) is 16.1. The molecule has 1 atom stereocenters. The van der Waals surface area contributed by atoms with Gasteiger partial charge in [-0.3, -0.25) is 0 Å². The molecule has 0 aliphatic carbocycles. The maximum absolute atomic E-state index is 11.4. The Morgan fingerprint density at radius 2 is 1.95 bits per heavy atom. The minimum absolute atomic E-state index is 0.00862. The first-order valence-electron chi connectivity index (χ1n) is 7.34. The highest BCUT2D eigenvalue weighted by Crippen LogP contribution is 2.34. The topological polar surface area (TPSA) is 43.4 Å². The van der Waals surface area contributed by atoms with E-state index >= 15 is 0 Å². The van der Waals surface area contributed by atoms with E-state index in [0.717, 1.165) is 17.7 Å². The van der Waals surface area contributed by atoms with Gasteiger partial charge in [0.1, 0.15) is 0 Å². The average Bonchev–Trinajstić information content (AvgIpc) is 2.80. The summed E-state index contributed by atoms with van der Waals surface area (Å²) in [4.78, 5) is 1.15. The quantitative estimate of drug-likeness (QED) is 0.326. The van der Waals surface area contributed by atoms with Crippen molar-refractivity contribution in [2.75, 3.05) is 0 Å². The van der Waals surface area contributed by atoms with Crippen LogP contribution in [0.4, 0.5) is 0 Å². The van der Waals surface area contributed by atoms with Gasteiger partial charge in [0.2, 0.25) is 0 Å². The van der Waals surface area contributed by atoms with Gasteiger partial charge in [-0.2, -0.15) is 0 Å². The average molecular weight is 369 g/mol. The minimum Gasteiger partial charge on any atom is -0.410 e. The van der Waals surface area contributed by atoms with Crippen LogP contribution in [0.15, 0.2) is 16.3 Å². The molecule has 122 valence electrons. The summed E-state index contributed by atoms with van der Waals surface area (Å²) in [7, 11) is 0.0681. The lowest BCUT2D eigenvalue weighted by molar-refractivity contribution is 0.186. The smallest absolute Gasteiger partial charge is 0.262 e. The van der Waals surface area contributed by atoms with Gasteiger partial charge in [0.15, 0.2) is 8.32 Å². The van der Waals surface area contributed by atoms with Crippen LogP contribution in [0.3, 0.4) is 0 Å². The van der Waals surface area contributed by atoms with Crippen molar-refractivity contribution in [1.82, 2.24) is 0 Å². The summed E-state index contributed by atoms with van der Waals surface area (Å²) in [6, 6.07) is 1.66. The van der Waals surface area contributed by atoms with E-state index in [1.54, 1.807) is 11.4 Å². The predicted octanol–water partition coefficient (Wildman–Crippen LogP) is 5.54. The summed E-state index contributed by atoms with van der Waals surface area (Å²) in [5.41, 5.74) is 0. The van der Waals surface area contributed by atoms with Gasteiger partial charge in [0, 0.05) is 20.9 Å². The van der Waals surface area contributed by atoms with Gasteiger partial charge in [0.25, 0.3) is 9.05 Å². The first kappa shape index (κ1) is 19.2. The molecule has 1 aromatic rings. The fourth-order valence-corrected chi connectivity index (χ4v) is 5.50. The van der Waals surface area contributed by atoms with E-state index in [4.69, 9.17) is 15.1 Å². The molecule has 0 amide bonds. The Morgan fingerprint density at radius 1 is 1.29 bits per heavy atom. The van der Waals surface area contributed by atoms with E-state index in [2.05, 4.69) is 26.6 Å². The van der Waals surface area contributed by atoms with Gasteiger partial charge >= 0.3 is 0 Å². The van der Waals surface area contributed by atoms with Gasteiger partial charge in [0.05, 0.1) is 11.0 Å². The molecule has 0 bridgehead atoms. The molecule has 0 aliphatic heterocycles. The summed E-state index contributed by atoms with van der Waals surface area (Å²) in [6.07, 6.45) is 5.65. The molecule has 1 aromatic heterocycles. The Bertz CT molecular complexity index is 535. The van der Waals surface area contributed by atoms with E-state index < -0.39 is 17.4 Å². The first-order valence-corrected chi connectivity index (χ1v) is 13.9. The highest BCUT2D eigenvalue weighted by atomic mass is 35.7. The third kappa shape index (κ3) is 7.28. The van der Waals surface area contributed by atoms with Crippen molar-refractivity contribution in [3.05, 3.63) is 16.3 Å². The van der Waals surface area contributed by atoms with Crippen LogP contribution in [-0.2, 0) is 13.5 Å². The number of hydrogen-bond donors (Lipinski definition) is 0. The Morgan fingerprint density at radius 3 is 2.43 bits per heavy atom. The zero-order valence-electron chi connectivity index (χ0n) is 13.2. The lowest BCUT2D eigenvalue weighted by Crippen LogP contribution is -2.27. The highest BCUT2D eigenvalue weighted by Gasteiger charge is 2.24. The molecule has 21 heavy (non-hydrogen) atoms. The van der Waals surface area contributed by atoms with Gasteiger partial charge in [-0.1, -0.05) is 32.6 Å². The molecule has 1 rings (SSSR count). The standard InChI is InChI=1S/C14H25ClO3S2Si/c1-5-6-7-8-9-13(18-21(2,3)4)14-10-12(11-19-14)20(15,16)17/h10-11,13H,5-9H2,1-4H3. The molecule has 0 radical (unpaired) electrons. The molecular formula is C14H25ClO3S2Si. The van der Waals surface area contributed by atoms with Crippen molar-refractivity contribution in [1.29, 1.82) is 0 Å². The predicted molar refractivity (Wildman–Crippen MR) is 93.3 cm³/mol. The lowest BCUT2D eigenvalue weighted by Gasteiger charge is -2.25. The van der Waals surface area contributed by atoms with Gasteiger partial charge in [-0.15, -0.1) is 11.3 Å². The van der Waals surface area contributed by atoms with Crippen molar-refractivity contribution in [3.8, 4) is 0 Å². The number of hydrogen-bond acceptors (Lipinski definition) is 4. The van der Waals surface area contributed by atoms with Crippen LogP contribution in [0, 0.1) is 0 Å². The van der Waals surface area contributed by atoms with Gasteiger partial charge in [-0.25, -0.2) is 8.42 Å². The van der Waals surface area contributed by atoms with Crippen molar-refractivity contribution in [2.45, 2.75) is 69.7 Å². The van der Waals surface area contributed by atoms with Crippen LogP contribution in [0.2, 0.25) is 19.6 Å². The van der Waals surface area contributed by atoms with E-state index in [0.29, 0.717) is 0 Å². The number of unbranched alkanes of at least 4 members (excludes halogenated alkanes) is 3. The molecule has 0 N–H and O–H groups in total. The van der Waals surface area contributed by atoms with Crippen LogP contribution in [0.25, 0.3) is 0 Å². The summed E-state index contributed by atoms with van der Waals surface area (Å²) in [5, 5.41) is 1.60. The number of rotatable bonds is 9. The molecule has 1 heterocycles.